The molecular weight excluding hydrogens is 432 g/mol. The summed E-state index contributed by atoms with van der Waals surface area (Å²) in [7, 11) is 0. The third-order valence-electron chi connectivity index (χ3n) is 6.54. The minimum absolute atomic E-state index is 0.0540. The van der Waals surface area contributed by atoms with Gasteiger partial charge in [-0.15, -0.1) is 0 Å². The lowest BCUT2D eigenvalue weighted by atomic mass is 9.78. The van der Waals surface area contributed by atoms with E-state index in [-0.39, 0.29) is 17.6 Å². The van der Waals surface area contributed by atoms with Crippen LogP contribution in [0.1, 0.15) is 48.4 Å². The fourth-order valence-electron chi connectivity index (χ4n) is 5.00. The number of para-hydroxylation sites is 2. The smallest absolute Gasteiger partial charge is 0.224 e. The molecule has 0 aromatic heterocycles. The fraction of sp³-hybridized carbons (Fsp3) is 0.214. The van der Waals surface area contributed by atoms with Gasteiger partial charge in [0.25, 0.3) is 0 Å². The van der Waals surface area contributed by atoms with Gasteiger partial charge >= 0.3 is 0 Å². The molecule has 5 heteroatoms. The number of hydrogen-bond acceptors (Lipinski definition) is 3. The number of nitrogens with zero attached hydrogens (tertiary/aromatic N) is 1. The zero-order valence-electron chi connectivity index (χ0n) is 18.6. The van der Waals surface area contributed by atoms with Gasteiger partial charge in [0.1, 0.15) is 0 Å². The molecule has 5 rings (SSSR count). The van der Waals surface area contributed by atoms with Crippen LogP contribution in [0.2, 0.25) is 5.02 Å². The molecule has 2 aliphatic rings. The number of benzene rings is 3. The van der Waals surface area contributed by atoms with Crippen LogP contribution in [0.25, 0.3) is 0 Å². The lowest BCUT2D eigenvalue weighted by Gasteiger charge is -2.34. The number of rotatable bonds is 2. The van der Waals surface area contributed by atoms with E-state index in [1.165, 1.54) is 5.56 Å². The van der Waals surface area contributed by atoms with Crippen LogP contribution < -0.4 is 10.2 Å². The van der Waals surface area contributed by atoms with E-state index in [1.54, 1.807) is 17.9 Å². The van der Waals surface area contributed by atoms with Crippen molar-refractivity contribution in [3.05, 3.63) is 106 Å². The molecule has 1 aliphatic heterocycles. The topological polar surface area (TPSA) is 49.4 Å². The van der Waals surface area contributed by atoms with Crippen molar-refractivity contribution in [2.75, 3.05) is 10.2 Å². The third-order valence-corrected chi connectivity index (χ3v) is 6.78. The van der Waals surface area contributed by atoms with Gasteiger partial charge in [-0.05, 0) is 54.7 Å². The summed E-state index contributed by atoms with van der Waals surface area (Å²) in [6.07, 6.45) is 1.10. The Bertz CT molecular complexity index is 1280. The van der Waals surface area contributed by atoms with E-state index >= 15 is 0 Å². The van der Waals surface area contributed by atoms with Gasteiger partial charge in [0, 0.05) is 29.6 Å². The molecular formula is C28H25ClN2O2. The van der Waals surface area contributed by atoms with Crippen LogP contribution in [0, 0.1) is 6.92 Å². The second-order valence-corrected chi connectivity index (χ2v) is 9.26. The van der Waals surface area contributed by atoms with Crippen LogP contribution in [0.15, 0.2) is 84.1 Å². The molecule has 3 aromatic carbocycles. The van der Waals surface area contributed by atoms with Crippen LogP contribution in [0.4, 0.5) is 11.4 Å². The van der Waals surface area contributed by atoms with Gasteiger partial charge in [-0.25, -0.2) is 0 Å². The number of nitrogens with one attached hydrogen (secondary N) is 1. The molecule has 0 bridgehead atoms. The Labute approximate surface area is 198 Å². The summed E-state index contributed by atoms with van der Waals surface area (Å²) in [4.78, 5) is 28.5. The monoisotopic (exact) mass is 456 g/mol. The maximum Gasteiger partial charge on any atom is 0.224 e. The minimum Gasteiger partial charge on any atom is -0.357 e. The van der Waals surface area contributed by atoms with Gasteiger partial charge in [-0.1, -0.05) is 65.7 Å². The van der Waals surface area contributed by atoms with Gasteiger partial charge in [0.2, 0.25) is 5.91 Å². The van der Waals surface area contributed by atoms with Gasteiger partial charge in [0.15, 0.2) is 5.78 Å². The zero-order valence-corrected chi connectivity index (χ0v) is 19.4. The maximum absolute atomic E-state index is 13.8. The highest BCUT2D eigenvalue weighted by Gasteiger charge is 2.40. The highest BCUT2D eigenvalue weighted by Crippen LogP contribution is 2.47. The molecule has 166 valence electrons. The van der Waals surface area contributed by atoms with Gasteiger partial charge < -0.3 is 5.32 Å². The molecule has 0 spiro atoms. The van der Waals surface area contributed by atoms with Crippen molar-refractivity contribution in [1.29, 1.82) is 0 Å². The summed E-state index contributed by atoms with van der Waals surface area (Å²) in [5, 5.41) is 4.11. The van der Waals surface area contributed by atoms with Crippen molar-refractivity contribution in [3.8, 4) is 0 Å². The summed E-state index contributed by atoms with van der Waals surface area (Å²) in [5.41, 5.74) is 6.27. The highest BCUT2D eigenvalue weighted by molar-refractivity contribution is 6.30. The van der Waals surface area contributed by atoms with Crippen molar-refractivity contribution in [2.24, 2.45) is 0 Å². The normalized spacial score (nSPS) is 20.0. The Balaban J connectivity index is 1.70. The number of aryl methyl sites for hydroxylation is 1. The molecule has 33 heavy (non-hydrogen) atoms. The number of hydrogen-bond donors (Lipinski definition) is 1. The Morgan fingerprint density at radius 3 is 2.45 bits per heavy atom. The summed E-state index contributed by atoms with van der Waals surface area (Å²) >= 11 is 6.34. The second kappa shape index (κ2) is 8.53. The number of fused-ring (bicyclic) bond motifs is 1. The van der Waals surface area contributed by atoms with Crippen molar-refractivity contribution >= 4 is 34.7 Å². The lowest BCUT2D eigenvalue weighted by molar-refractivity contribution is -0.117. The van der Waals surface area contributed by atoms with E-state index < -0.39 is 6.04 Å². The first-order valence-electron chi connectivity index (χ1n) is 11.2. The fourth-order valence-corrected chi connectivity index (χ4v) is 5.20. The summed E-state index contributed by atoms with van der Waals surface area (Å²) < 4.78 is 0. The standard InChI is InChI=1S/C28H25ClN2O2/c1-17-10-12-19(13-11-17)21-15-24-27(26(33)16-21)28(20-6-5-7-22(29)14-20)31(18(2)32)25-9-4-3-8-23(25)30-24/h3-14,21,28,30H,15-16H2,1-2H3/t21-,28+/m0/s1. The van der Waals surface area contributed by atoms with Crippen LogP contribution >= 0.6 is 11.6 Å². The molecule has 0 saturated carbocycles. The zero-order chi connectivity index (χ0) is 23.1. The second-order valence-electron chi connectivity index (χ2n) is 8.82. The molecule has 0 radical (unpaired) electrons. The average Bonchev–Trinajstić information content (AvgIpc) is 2.94. The van der Waals surface area contributed by atoms with E-state index in [2.05, 4.69) is 36.5 Å². The van der Waals surface area contributed by atoms with Crippen molar-refractivity contribution in [1.82, 2.24) is 0 Å². The summed E-state index contributed by atoms with van der Waals surface area (Å²) in [6, 6.07) is 23.0. The van der Waals surface area contributed by atoms with Gasteiger partial charge in [-0.2, -0.15) is 0 Å². The average molecular weight is 457 g/mol. The molecule has 1 heterocycles. The van der Waals surface area contributed by atoms with E-state index in [4.69, 9.17) is 11.6 Å². The first-order valence-corrected chi connectivity index (χ1v) is 11.5. The highest BCUT2D eigenvalue weighted by atomic mass is 35.5. The molecule has 2 atom stereocenters. The van der Waals surface area contributed by atoms with E-state index in [9.17, 15) is 9.59 Å². The number of Topliss-reactive ketones (excluding diaryl/α,β-unsaturated/α-hetero) is 1. The van der Waals surface area contributed by atoms with Crippen molar-refractivity contribution in [3.63, 3.8) is 0 Å². The Kier molecular flexibility index (Phi) is 5.55. The first kappa shape index (κ1) is 21.5. The van der Waals surface area contributed by atoms with Crippen LogP contribution in [0.5, 0.6) is 0 Å². The predicted octanol–water partition coefficient (Wildman–Crippen LogP) is 6.57. The summed E-state index contributed by atoms with van der Waals surface area (Å²) in [5.74, 6) is 0.00944. The summed E-state index contributed by atoms with van der Waals surface area (Å²) in [6.45, 7) is 3.61. The largest absolute Gasteiger partial charge is 0.357 e. The minimum atomic E-state index is -0.543. The molecule has 1 amide bonds. The quantitative estimate of drug-likeness (QED) is 0.474. The molecule has 0 unspecified atom stereocenters. The van der Waals surface area contributed by atoms with Crippen LogP contribution in [0.3, 0.4) is 0 Å². The SMILES string of the molecule is CC(=O)N1c2ccccc2NC2=C(C(=O)C[C@@H](c3ccc(C)cc3)C2)[C@H]1c1cccc(Cl)c1. The number of halogens is 1. The van der Waals surface area contributed by atoms with Crippen LogP contribution in [-0.4, -0.2) is 11.7 Å². The number of carbonyl (C=O) groups excluding carboxylic acids is 2. The Morgan fingerprint density at radius 1 is 0.970 bits per heavy atom. The molecule has 0 fully saturated rings. The number of ketones is 1. The first-order chi connectivity index (χ1) is 15.9. The Hall–Kier alpha value is -3.37. The van der Waals surface area contributed by atoms with Crippen molar-refractivity contribution in [2.45, 2.75) is 38.6 Å². The molecule has 1 aliphatic carbocycles. The van der Waals surface area contributed by atoms with E-state index in [0.717, 1.165) is 28.2 Å². The number of anilines is 2. The number of amides is 1. The van der Waals surface area contributed by atoms with Crippen LogP contribution in [-0.2, 0) is 9.59 Å². The number of allylic oxidation sites excluding steroid dienone is 1. The molecule has 4 nitrogen and oxygen atoms in total. The maximum atomic E-state index is 13.8. The van der Waals surface area contributed by atoms with E-state index in [1.807, 2.05) is 42.5 Å². The third kappa shape index (κ3) is 3.96. The van der Waals surface area contributed by atoms with Gasteiger partial charge in [-0.3, -0.25) is 14.5 Å². The Morgan fingerprint density at radius 2 is 1.73 bits per heavy atom. The molecule has 3 aromatic rings. The van der Waals surface area contributed by atoms with E-state index in [0.29, 0.717) is 23.4 Å². The lowest BCUT2D eigenvalue weighted by Crippen LogP contribution is -2.37. The van der Waals surface area contributed by atoms with Gasteiger partial charge in [0.05, 0.1) is 17.4 Å². The molecule has 1 N–H and O–H groups in total. The molecule has 0 saturated heterocycles. The van der Waals surface area contributed by atoms with Crippen molar-refractivity contribution < 1.29 is 9.59 Å². The predicted molar refractivity (Wildman–Crippen MR) is 133 cm³/mol. The number of carbonyl (C=O) groups is 2.